The standard InChI is InChI=1S/C18H21N3O5/c1-12(13-6-5-7-15(8-13)21(23)24)20(2)18(22)19-14-9-16(25-3)11-17(10-14)26-4/h5-12H,1-4H3,(H,19,22). The first-order chi connectivity index (χ1) is 12.3. The average Bonchev–Trinajstić information content (AvgIpc) is 2.66. The maximum absolute atomic E-state index is 12.5. The summed E-state index contributed by atoms with van der Waals surface area (Å²) >= 11 is 0. The second kappa shape index (κ2) is 8.19. The lowest BCUT2D eigenvalue weighted by Crippen LogP contribution is -2.33. The molecule has 2 amide bonds. The van der Waals surface area contributed by atoms with Gasteiger partial charge in [-0.15, -0.1) is 0 Å². The van der Waals surface area contributed by atoms with E-state index in [0.29, 0.717) is 22.7 Å². The SMILES string of the molecule is COc1cc(NC(=O)N(C)C(C)c2cccc([N+](=O)[O-])c2)cc(OC)c1. The largest absolute Gasteiger partial charge is 0.497 e. The van der Waals surface area contributed by atoms with Gasteiger partial charge in [0.05, 0.1) is 25.2 Å². The van der Waals surface area contributed by atoms with Crippen LogP contribution in [0.15, 0.2) is 42.5 Å². The average molecular weight is 359 g/mol. The highest BCUT2D eigenvalue weighted by atomic mass is 16.6. The molecule has 0 aromatic heterocycles. The molecule has 2 aromatic carbocycles. The van der Waals surface area contributed by atoms with E-state index in [9.17, 15) is 14.9 Å². The number of urea groups is 1. The Labute approximate surface area is 151 Å². The Morgan fingerprint density at radius 3 is 2.31 bits per heavy atom. The van der Waals surface area contributed by atoms with Crippen molar-refractivity contribution in [3.05, 3.63) is 58.1 Å². The van der Waals surface area contributed by atoms with Gasteiger partial charge in [0.1, 0.15) is 11.5 Å². The van der Waals surface area contributed by atoms with Crippen molar-refractivity contribution in [1.29, 1.82) is 0 Å². The van der Waals surface area contributed by atoms with Crippen LogP contribution in [0.4, 0.5) is 16.2 Å². The van der Waals surface area contributed by atoms with Gasteiger partial charge in [0, 0.05) is 43.1 Å². The first kappa shape index (κ1) is 19.0. The molecule has 0 aliphatic heterocycles. The molecule has 2 rings (SSSR count). The van der Waals surface area contributed by atoms with Gasteiger partial charge in [0.15, 0.2) is 0 Å². The zero-order valence-electron chi connectivity index (χ0n) is 15.1. The fraction of sp³-hybridized carbons (Fsp3) is 0.278. The minimum Gasteiger partial charge on any atom is -0.497 e. The van der Waals surface area contributed by atoms with Crippen LogP contribution in [0.1, 0.15) is 18.5 Å². The fourth-order valence-corrected chi connectivity index (χ4v) is 2.39. The molecule has 138 valence electrons. The Morgan fingerprint density at radius 1 is 1.15 bits per heavy atom. The third kappa shape index (κ3) is 4.41. The topological polar surface area (TPSA) is 93.9 Å². The smallest absolute Gasteiger partial charge is 0.322 e. The van der Waals surface area contributed by atoms with Crippen LogP contribution in [0.3, 0.4) is 0 Å². The fourth-order valence-electron chi connectivity index (χ4n) is 2.39. The van der Waals surface area contributed by atoms with E-state index in [-0.39, 0.29) is 17.8 Å². The molecule has 0 aliphatic rings. The quantitative estimate of drug-likeness (QED) is 0.625. The summed E-state index contributed by atoms with van der Waals surface area (Å²) in [7, 11) is 4.67. The second-order valence-electron chi connectivity index (χ2n) is 5.67. The number of hydrogen-bond donors (Lipinski definition) is 1. The maximum Gasteiger partial charge on any atom is 0.322 e. The summed E-state index contributed by atoms with van der Waals surface area (Å²) in [5.41, 5.74) is 1.17. The normalized spacial score (nSPS) is 11.4. The number of methoxy groups -OCH3 is 2. The maximum atomic E-state index is 12.5. The highest BCUT2D eigenvalue weighted by Gasteiger charge is 2.19. The van der Waals surface area contributed by atoms with E-state index < -0.39 is 4.92 Å². The minimum absolute atomic E-state index is 0.0132. The van der Waals surface area contributed by atoms with Gasteiger partial charge in [0.25, 0.3) is 5.69 Å². The summed E-state index contributed by atoms with van der Waals surface area (Å²) in [5, 5.41) is 13.7. The van der Waals surface area contributed by atoms with Gasteiger partial charge in [-0.05, 0) is 12.5 Å². The number of carbonyl (C=O) groups excluding carboxylic acids is 1. The van der Waals surface area contributed by atoms with Crippen LogP contribution in [0.2, 0.25) is 0 Å². The lowest BCUT2D eigenvalue weighted by Gasteiger charge is -2.25. The minimum atomic E-state index is -0.460. The van der Waals surface area contributed by atoms with Crippen LogP contribution >= 0.6 is 0 Å². The molecule has 0 heterocycles. The van der Waals surface area contributed by atoms with E-state index >= 15 is 0 Å². The molecule has 1 unspecified atom stereocenters. The predicted molar refractivity (Wildman–Crippen MR) is 97.8 cm³/mol. The molecule has 0 fully saturated rings. The van der Waals surface area contributed by atoms with Crippen LogP contribution in [-0.4, -0.2) is 37.1 Å². The number of nitro groups is 1. The van der Waals surface area contributed by atoms with Crippen LogP contribution in [0.5, 0.6) is 11.5 Å². The van der Waals surface area contributed by atoms with E-state index in [1.165, 1.54) is 31.3 Å². The Kier molecular flexibility index (Phi) is 6.00. The van der Waals surface area contributed by atoms with E-state index in [1.54, 1.807) is 44.3 Å². The van der Waals surface area contributed by atoms with Crippen molar-refractivity contribution in [2.45, 2.75) is 13.0 Å². The first-order valence-electron chi connectivity index (χ1n) is 7.87. The van der Waals surface area contributed by atoms with Crippen molar-refractivity contribution in [2.24, 2.45) is 0 Å². The third-order valence-corrected chi connectivity index (χ3v) is 4.07. The highest BCUT2D eigenvalue weighted by molar-refractivity contribution is 5.90. The Hall–Kier alpha value is -3.29. The monoisotopic (exact) mass is 359 g/mol. The molecule has 8 heteroatoms. The molecule has 0 saturated carbocycles. The molecule has 1 atom stereocenters. The first-order valence-corrected chi connectivity index (χ1v) is 7.87. The summed E-state index contributed by atoms with van der Waals surface area (Å²) in [6, 6.07) is 10.5. The molecular weight excluding hydrogens is 338 g/mol. The summed E-state index contributed by atoms with van der Waals surface area (Å²) in [5.74, 6) is 1.10. The van der Waals surface area contributed by atoms with E-state index in [0.717, 1.165) is 0 Å². The van der Waals surface area contributed by atoms with Crippen molar-refractivity contribution < 1.29 is 19.2 Å². The van der Waals surface area contributed by atoms with Crippen LogP contribution in [-0.2, 0) is 0 Å². The predicted octanol–water partition coefficient (Wildman–Crippen LogP) is 3.84. The van der Waals surface area contributed by atoms with Crippen LogP contribution < -0.4 is 14.8 Å². The number of anilines is 1. The van der Waals surface area contributed by atoms with Gasteiger partial charge in [0.2, 0.25) is 0 Å². The molecule has 26 heavy (non-hydrogen) atoms. The zero-order valence-corrected chi connectivity index (χ0v) is 15.1. The van der Waals surface area contributed by atoms with Gasteiger partial charge in [-0.1, -0.05) is 12.1 Å². The van der Waals surface area contributed by atoms with Gasteiger partial charge in [-0.3, -0.25) is 10.1 Å². The molecule has 1 N–H and O–H groups in total. The lowest BCUT2D eigenvalue weighted by atomic mass is 10.1. The Morgan fingerprint density at radius 2 is 1.77 bits per heavy atom. The van der Waals surface area contributed by atoms with Gasteiger partial charge in [-0.2, -0.15) is 0 Å². The van der Waals surface area contributed by atoms with Gasteiger partial charge in [-0.25, -0.2) is 4.79 Å². The Bertz CT molecular complexity index is 787. The van der Waals surface area contributed by atoms with E-state index in [4.69, 9.17) is 9.47 Å². The molecule has 2 aromatic rings. The van der Waals surface area contributed by atoms with Crippen molar-refractivity contribution in [2.75, 3.05) is 26.6 Å². The van der Waals surface area contributed by atoms with Crippen molar-refractivity contribution in [3.63, 3.8) is 0 Å². The molecule has 0 spiro atoms. The number of amides is 2. The molecule has 0 aliphatic carbocycles. The molecule has 8 nitrogen and oxygen atoms in total. The number of non-ortho nitro benzene ring substituents is 1. The number of ether oxygens (including phenoxy) is 2. The van der Waals surface area contributed by atoms with Gasteiger partial charge < -0.3 is 19.7 Å². The highest BCUT2D eigenvalue weighted by Crippen LogP contribution is 2.27. The van der Waals surface area contributed by atoms with E-state index in [1.807, 2.05) is 0 Å². The zero-order chi connectivity index (χ0) is 19.3. The molecule has 0 saturated heterocycles. The number of hydrogen-bond acceptors (Lipinski definition) is 5. The van der Waals surface area contributed by atoms with Crippen molar-refractivity contribution >= 4 is 17.4 Å². The Balaban J connectivity index is 2.16. The molecule has 0 bridgehead atoms. The third-order valence-electron chi connectivity index (χ3n) is 4.07. The number of rotatable bonds is 6. The number of nitro benzene ring substituents is 1. The molecular formula is C18H21N3O5. The number of nitrogens with zero attached hydrogens (tertiary/aromatic N) is 2. The van der Waals surface area contributed by atoms with Gasteiger partial charge >= 0.3 is 6.03 Å². The lowest BCUT2D eigenvalue weighted by molar-refractivity contribution is -0.384. The summed E-state index contributed by atoms with van der Waals surface area (Å²) in [6.45, 7) is 1.80. The summed E-state index contributed by atoms with van der Waals surface area (Å²) < 4.78 is 10.4. The number of nitrogens with one attached hydrogen (secondary N) is 1. The van der Waals surface area contributed by atoms with Crippen molar-refractivity contribution in [3.8, 4) is 11.5 Å². The van der Waals surface area contributed by atoms with Crippen molar-refractivity contribution in [1.82, 2.24) is 4.90 Å². The number of carbonyl (C=O) groups is 1. The number of benzene rings is 2. The van der Waals surface area contributed by atoms with Crippen LogP contribution in [0, 0.1) is 10.1 Å². The summed E-state index contributed by atoms with van der Waals surface area (Å²) in [6.07, 6.45) is 0. The van der Waals surface area contributed by atoms with E-state index in [2.05, 4.69) is 5.32 Å². The summed E-state index contributed by atoms with van der Waals surface area (Å²) in [4.78, 5) is 24.5. The van der Waals surface area contributed by atoms with Crippen LogP contribution in [0.25, 0.3) is 0 Å². The molecule has 0 radical (unpaired) electrons. The second-order valence-corrected chi connectivity index (χ2v) is 5.67.